The SMILES string of the molecule is Cn1ccc2cc(NC(=O)c3cc4ccccc4n3-c3ccc(C(F)(F)F)cc3)ccc21. The number of fused-ring (bicyclic) bond motifs is 2. The first kappa shape index (κ1) is 19.9. The van der Waals surface area contributed by atoms with Crippen molar-refractivity contribution in [3.63, 3.8) is 0 Å². The molecular formula is C25H18F3N3O. The number of carbonyl (C=O) groups excluding carboxylic acids is 1. The molecule has 0 aliphatic carbocycles. The molecule has 1 amide bonds. The number of aryl methyl sites for hydroxylation is 1. The molecule has 2 aromatic heterocycles. The number of aromatic nitrogens is 2. The summed E-state index contributed by atoms with van der Waals surface area (Å²) in [7, 11) is 1.95. The minimum atomic E-state index is -4.42. The summed E-state index contributed by atoms with van der Waals surface area (Å²) in [5, 5.41) is 4.73. The molecule has 0 atom stereocenters. The minimum absolute atomic E-state index is 0.333. The Kier molecular flexibility index (Phi) is 4.55. The van der Waals surface area contributed by atoms with Gasteiger partial charge in [0.05, 0.1) is 11.1 Å². The number of anilines is 1. The second-order valence-corrected chi connectivity index (χ2v) is 7.62. The fourth-order valence-corrected chi connectivity index (χ4v) is 3.95. The number of amides is 1. The van der Waals surface area contributed by atoms with Crippen molar-refractivity contribution in [3.05, 3.63) is 96.3 Å². The lowest BCUT2D eigenvalue weighted by Gasteiger charge is -2.13. The zero-order chi connectivity index (χ0) is 22.5. The molecule has 2 heterocycles. The highest BCUT2D eigenvalue weighted by atomic mass is 19.4. The highest BCUT2D eigenvalue weighted by Gasteiger charge is 2.30. The van der Waals surface area contributed by atoms with E-state index in [0.717, 1.165) is 33.9 Å². The largest absolute Gasteiger partial charge is 0.416 e. The van der Waals surface area contributed by atoms with Gasteiger partial charge in [-0.3, -0.25) is 4.79 Å². The zero-order valence-electron chi connectivity index (χ0n) is 17.0. The van der Waals surface area contributed by atoms with Crippen LogP contribution in [0.3, 0.4) is 0 Å². The minimum Gasteiger partial charge on any atom is -0.351 e. The molecule has 0 saturated heterocycles. The predicted molar refractivity (Wildman–Crippen MR) is 119 cm³/mol. The van der Waals surface area contributed by atoms with Crippen molar-refractivity contribution in [2.75, 3.05) is 5.32 Å². The van der Waals surface area contributed by atoms with Crippen LogP contribution in [0.5, 0.6) is 0 Å². The van der Waals surface area contributed by atoms with E-state index in [9.17, 15) is 18.0 Å². The van der Waals surface area contributed by atoms with Gasteiger partial charge in [0.2, 0.25) is 0 Å². The third-order valence-electron chi connectivity index (χ3n) is 5.54. The number of rotatable bonds is 3. The van der Waals surface area contributed by atoms with Gasteiger partial charge in [0.1, 0.15) is 5.69 Å². The molecule has 0 spiro atoms. The van der Waals surface area contributed by atoms with Gasteiger partial charge in [-0.05, 0) is 60.7 Å². The molecule has 4 nitrogen and oxygen atoms in total. The Hall–Kier alpha value is -4.00. The van der Waals surface area contributed by atoms with E-state index in [1.807, 2.05) is 66.3 Å². The number of benzene rings is 3. The van der Waals surface area contributed by atoms with Crippen molar-refractivity contribution in [1.29, 1.82) is 0 Å². The van der Waals surface area contributed by atoms with Gasteiger partial charge in [-0.2, -0.15) is 13.2 Å². The monoisotopic (exact) mass is 433 g/mol. The summed E-state index contributed by atoms with van der Waals surface area (Å²) >= 11 is 0. The molecule has 7 heteroatoms. The van der Waals surface area contributed by atoms with E-state index < -0.39 is 11.7 Å². The Morgan fingerprint density at radius 1 is 0.844 bits per heavy atom. The maximum absolute atomic E-state index is 13.2. The van der Waals surface area contributed by atoms with Gasteiger partial charge >= 0.3 is 6.18 Å². The highest BCUT2D eigenvalue weighted by Crippen LogP contribution is 2.31. The lowest BCUT2D eigenvalue weighted by atomic mass is 10.2. The molecule has 32 heavy (non-hydrogen) atoms. The van der Waals surface area contributed by atoms with Gasteiger partial charge in [0.25, 0.3) is 5.91 Å². The number of alkyl halides is 3. The van der Waals surface area contributed by atoms with Crippen LogP contribution in [0.25, 0.3) is 27.5 Å². The maximum Gasteiger partial charge on any atom is 0.416 e. The summed E-state index contributed by atoms with van der Waals surface area (Å²) in [6.45, 7) is 0. The molecule has 5 rings (SSSR count). The van der Waals surface area contributed by atoms with Crippen LogP contribution >= 0.6 is 0 Å². The fraction of sp³-hybridized carbons (Fsp3) is 0.0800. The van der Waals surface area contributed by atoms with Crippen LogP contribution in [0.15, 0.2) is 85.1 Å². The van der Waals surface area contributed by atoms with Crippen molar-refractivity contribution in [2.24, 2.45) is 7.05 Å². The van der Waals surface area contributed by atoms with Crippen LogP contribution < -0.4 is 5.32 Å². The van der Waals surface area contributed by atoms with E-state index in [4.69, 9.17) is 0 Å². The van der Waals surface area contributed by atoms with Crippen LogP contribution in [0, 0.1) is 0 Å². The topological polar surface area (TPSA) is 39.0 Å². The first-order valence-electron chi connectivity index (χ1n) is 9.96. The second kappa shape index (κ2) is 7.30. The van der Waals surface area contributed by atoms with Crippen LogP contribution in [-0.2, 0) is 13.2 Å². The van der Waals surface area contributed by atoms with Gasteiger partial charge < -0.3 is 14.5 Å². The number of nitrogens with zero attached hydrogens (tertiary/aromatic N) is 2. The van der Waals surface area contributed by atoms with Crippen molar-refractivity contribution < 1.29 is 18.0 Å². The molecule has 1 N–H and O–H groups in total. The Labute approximate surface area is 181 Å². The van der Waals surface area contributed by atoms with Gasteiger partial charge in [-0.25, -0.2) is 0 Å². The van der Waals surface area contributed by atoms with Crippen molar-refractivity contribution in [3.8, 4) is 5.69 Å². The molecule has 0 aliphatic rings. The Morgan fingerprint density at radius 3 is 2.31 bits per heavy atom. The molecule has 0 aliphatic heterocycles. The average molecular weight is 433 g/mol. The van der Waals surface area contributed by atoms with E-state index in [1.54, 1.807) is 10.6 Å². The predicted octanol–water partition coefficient (Wildman–Crippen LogP) is 6.39. The van der Waals surface area contributed by atoms with Crippen molar-refractivity contribution in [2.45, 2.75) is 6.18 Å². The third-order valence-corrected chi connectivity index (χ3v) is 5.54. The van der Waals surface area contributed by atoms with E-state index in [2.05, 4.69) is 5.32 Å². The summed E-state index contributed by atoms with van der Waals surface area (Å²) in [4.78, 5) is 13.2. The Bertz CT molecular complexity index is 1460. The summed E-state index contributed by atoms with van der Waals surface area (Å²) in [5.41, 5.74) is 2.48. The number of hydrogen-bond acceptors (Lipinski definition) is 1. The fourth-order valence-electron chi connectivity index (χ4n) is 3.95. The van der Waals surface area contributed by atoms with E-state index >= 15 is 0 Å². The van der Waals surface area contributed by atoms with Gasteiger partial charge in [-0.15, -0.1) is 0 Å². The van der Waals surface area contributed by atoms with E-state index in [0.29, 0.717) is 17.1 Å². The lowest BCUT2D eigenvalue weighted by molar-refractivity contribution is -0.137. The Balaban J connectivity index is 1.56. The smallest absolute Gasteiger partial charge is 0.351 e. The number of nitrogens with one attached hydrogen (secondary N) is 1. The summed E-state index contributed by atoms with van der Waals surface area (Å²) < 4.78 is 42.7. The quantitative estimate of drug-likeness (QED) is 0.352. The van der Waals surface area contributed by atoms with Crippen LogP contribution in [0.1, 0.15) is 16.1 Å². The number of halogens is 3. The van der Waals surface area contributed by atoms with Crippen LogP contribution in [0.2, 0.25) is 0 Å². The summed E-state index contributed by atoms with van der Waals surface area (Å²) in [5.74, 6) is -0.351. The first-order valence-corrected chi connectivity index (χ1v) is 9.96. The molecule has 5 aromatic rings. The third kappa shape index (κ3) is 3.41. The molecule has 0 fully saturated rings. The molecule has 0 saturated carbocycles. The summed E-state index contributed by atoms with van der Waals surface area (Å²) in [6.07, 6.45) is -2.48. The maximum atomic E-state index is 13.2. The normalized spacial score (nSPS) is 11.9. The van der Waals surface area contributed by atoms with Gasteiger partial charge in [0.15, 0.2) is 0 Å². The molecule has 3 aromatic carbocycles. The molecule has 160 valence electrons. The van der Waals surface area contributed by atoms with E-state index in [-0.39, 0.29) is 5.91 Å². The zero-order valence-corrected chi connectivity index (χ0v) is 17.0. The molecule has 0 unspecified atom stereocenters. The molecular weight excluding hydrogens is 415 g/mol. The van der Waals surface area contributed by atoms with Crippen LogP contribution in [0.4, 0.5) is 18.9 Å². The number of para-hydroxylation sites is 1. The van der Waals surface area contributed by atoms with Crippen LogP contribution in [-0.4, -0.2) is 15.0 Å². The number of hydrogen-bond donors (Lipinski definition) is 1. The second-order valence-electron chi connectivity index (χ2n) is 7.62. The van der Waals surface area contributed by atoms with Crippen molar-refractivity contribution in [1.82, 2.24) is 9.13 Å². The average Bonchev–Trinajstić information content (AvgIpc) is 3.34. The number of carbonyl (C=O) groups is 1. The standard InChI is InChI=1S/C25H18F3N3O/c1-30-13-12-17-14-19(8-11-21(17)30)29-24(32)23-15-16-4-2-3-5-22(16)31(23)20-9-6-18(7-10-20)25(26,27)28/h2-15H,1H3,(H,29,32). The van der Waals surface area contributed by atoms with E-state index in [1.165, 1.54) is 12.1 Å². The highest BCUT2D eigenvalue weighted by molar-refractivity contribution is 6.07. The van der Waals surface area contributed by atoms with Crippen molar-refractivity contribution >= 4 is 33.4 Å². The first-order chi connectivity index (χ1) is 15.3. The molecule has 0 radical (unpaired) electrons. The molecule has 0 bridgehead atoms. The lowest BCUT2D eigenvalue weighted by Crippen LogP contribution is -2.16. The van der Waals surface area contributed by atoms with Gasteiger partial charge in [-0.1, -0.05) is 18.2 Å². The Morgan fingerprint density at radius 2 is 1.56 bits per heavy atom. The summed E-state index contributed by atoms with van der Waals surface area (Å²) in [6, 6.07) is 21.5. The van der Waals surface area contributed by atoms with Gasteiger partial charge in [0, 0.05) is 40.9 Å².